The number of hydrogen-bond donors (Lipinski definition) is 0. The third-order valence-electron chi connectivity index (χ3n) is 2.40. The number of unbranched alkanes of at least 4 members (excludes halogenated alkanes) is 3. The van der Waals surface area contributed by atoms with E-state index in [-0.39, 0.29) is 6.61 Å². The average Bonchev–Trinajstić information content (AvgIpc) is 2.28. The van der Waals surface area contributed by atoms with Crippen LogP contribution in [0.2, 0.25) is 0 Å². The molecule has 0 aliphatic carbocycles. The minimum Gasteiger partial charge on any atom is -0.462 e. The summed E-state index contributed by atoms with van der Waals surface area (Å²) in [4.78, 5) is 11.4. The van der Waals surface area contributed by atoms with E-state index in [4.69, 9.17) is 4.74 Å². The second-order valence-electron chi connectivity index (χ2n) is 3.79. The molecule has 0 heterocycles. The zero-order valence-corrected chi connectivity index (χ0v) is 9.84. The van der Waals surface area contributed by atoms with Gasteiger partial charge in [-0.25, -0.2) is 13.6 Å². The molecule has 1 aromatic carbocycles. The van der Waals surface area contributed by atoms with E-state index in [1.165, 1.54) is 6.07 Å². The molecule has 0 amide bonds. The van der Waals surface area contributed by atoms with Gasteiger partial charge in [-0.3, -0.25) is 0 Å². The second kappa shape index (κ2) is 6.99. The van der Waals surface area contributed by atoms with Gasteiger partial charge in [0, 0.05) is 0 Å². The van der Waals surface area contributed by atoms with Crippen LogP contribution in [-0.2, 0) is 4.74 Å². The van der Waals surface area contributed by atoms with Gasteiger partial charge in [-0.15, -0.1) is 0 Å². The van der Waals surface area contributed by atoms with Crippen molar-refractivity contribution in [2.24, 2.45) is 0 Å². The second-order valence-corrected chi connectivity index (χ2v) is 3.79. The predicted octanol–water partition coefficient (Wildman–Crippen LogP) is 3.70. The van der Waals surface area contributed by atoms with Gasteiger partial charge >= 0.3 is 5.97 Å². The first-order chi connectivity index (χ1) is 8.16. The fourth-order valence-corrected chi connectivity index (χ4v) is 1.46. The third kappa shape index (κ3) is 4.13. The largest absolute Gasteiger partial charge is 0.462 e. The van der Waals surface area contributed by atoms with Gasteiger partial charge in [-0.1, -0.05) is 32.3 Å². The summed E-state index contributed by atoms with van der Waals surface area (Å²) in [7, 11) is 0. The first kappa shape index (κ1) is 13.6. The van der Waals surface area contributed by atoms with E-state index < -0.39 is 23.2 Å². The molecule has 0 unspecified atom stereocenters. The van der Waals surface area contributed by atoms with Crippen molar-refractivity contribution in [1.29, 1.82) is 0 Å². The quantitative estimate of drug-likeness (QED) is 0.561. The summed E-state index contributed by atoms with van der Waals surface area (Å²) < 4.78 is 31.2. The first-order valence-electron chi connectivity index (χ1n) is 5.78. The summed E-state index contributed by atoms with van der Waals surface area (Å²) >= 11 is 0. The van der Waals surface area contributed by atoms with Crippen LogP contribution >= 0.6 is 0 Å². The Hall–Kier alpha value is -1.45. The number of rotatable bonds is 6. The molecule has 0 fully saturated rings. The lowest BCUT2D eigenvalue weighted by molar-refractivity contribution is 0.0487. The van der Waals surface area contributed by atoms with Crippen LogP contribution in [0.3, 0.4) is 0 Å². The highest BCUT2D eigenvalue weighted by molar-refractivity contribution is 5.89. The standard InChI is InChI=1S/C13H16F2O2/c1-2-3-4-5-9-17-13(16)12-10(14)7-6-8-11(12)15/h6-8H,2-5,9H2,1H3. The van der Waals surface area contributed by atoms with Gasteiger partial charge in [0.05, 0.1) is 6.61 Å². The molecule has 1 aromatic rings. The van der Waals surface area contributed by atoms with E-state index in [0.29, 0.717) is 0 Å². The van der Waals surface area contributed by atoms with Crippen LogP contribution in [-0.4, -0.2) is 12.6 Å². The Morgan fingerprint density at radius 3 is 2.41 bits per heavy atom. The molecule has 0 spiro atoms. The molecular formula is C13H16F2O2. The van der Waals surface area contributed by atoms with Crippen LogP contribution < -0.4 is 0 Å². The summed E-state index contributed by atoms with van der Waals surface area (Å²) in [6.07, 6.45) is 3.81. The van der Waals surface area contributed by atoms with E-state index in [2.05, 4.69) is 6.92 Å². The smallest absolute Gasteiger partial charge is 0.344 e. The Balaban J connectivity index is 2.47. The van der Waals surface area contributed by atoms with Crippen molar-refractivity contribution in [2.45, 2.75) is 32.6 Å². The van der Waals surface area contributed by atoms with Crippen LogP contribution in [0.4, 0.5) is 8.78 Å². The molecule has 0 aliphatic rings. The number of carbonyl (C=O) groups is 1. The van der Waals surface area contributed by atoms with Crippen molar-refractivity contribution >= 4 is 5.97 Å². The summed E-state index contributed by atoms with van der Waals surface area (Å²) in [5, 5.41) is 0. The average molecular weight is 242 g/mol. The van der Waals surface area contributed by atoms with E-state index in [9.17, 15) is 13.6 Å². The highest BCUT2D eigenvalue weighted by Gasteiger charge is 2.17. The van der Waals surface area contributed by atoms with E-state index in [1.807, 2.05) is 0 Å². The van der Waals surface area contributed by atoms with E-state index in [1.54, 1.807) is 0 Å². The van der Waals surface area contributed by atoms with Gasteiger partial charge in [0.2, 0.25) is 0 Å². The summed E-state index contributed by atoms with van der Waals surface area (Å²) in [5.74, 6) is -2.70. The fourth-order valence-electron chi connectivity index (χ4n) is 1.46. The van der Waals surface area contributed by atoms with Crippen molar-refractivity contribution in [2.75, 3.05) is 6.61 Å². The highest BCUT2D eigenvalue weighted by atomic mass is 19.1. The first-order valence-corrected chi connectivity index (χ1v) is 5.78. The number of carbonyl (C=O) groups excluding carboxylic acids is 1. The molecule has 2 nitrogen and oxygen atoms in total. The Morgan fingerprint density at radius 2 is 1.82 bits per heavy atom. The molecule has 0 atom stereocenters. The number of ether oxygens (including phenoxy) is 1. The molecule has 0 N–H and O–H groups in total. The molecule has 0 radical (unpaired) electrons. The maximum absolute atomic E-state index is 13.2. The van der Waals surface area contributed by atoms with Crippen molar-refractivity contribution in [3.8, 4) is 0 Å². The predicted molar refractivity (Wildman–Crippen MR) is 60.8 cm³/mol. The number of benzene rings is 1. The molecule has 0 saturated carbocycles. The van der Waals surface area contributed by atoms with Crippen molar-refractivity contribution in [1.82, 2.24) is 0 Å². The Labute approximate surface area is 99.6 Å². The van der Waals surface area contributed by atoms with Gasteiger partial charge < -0.3 is 4.74 Å². The lowest BCUT2D eigenvalue weighted by Crippen LogP contribution is -2.11. The molecule has 1 rings (SSSR count). The van der Waals surface area contributed by atoms with Crippen molar-refractivity contribution in [3.05, 3.63) is 35.4 Å². The topological polar surface area (TPSA) is 26.3 Å². The Bertz CT molecular complexity index is 357. The number of hydrogen-bond acceptors (Lipinski definition) is 2. The Kier molecular flexibility index (Phi) is 5.60. The minimum absolute atomic E-state index is 0.201. The minimum atomic E-state index is -0.933. The Morgan fingerprint density at radius 1 is 1.18 bits per heavy atom. The van der Waals surface area contributed by atoms with Crippen LogP contribution in [0.25, 0.3) is 0 Å². The van der Waals surface area contributed by atoms with Crippen LogP contribution in [0.5, 0.6) is 0 Å². The lowest BCUT2D eigenvalue weighted by Gasteiger charge is -2.06. The number of esters is 1. The summed E-state index contributed by atoms with van der Waals surface area (Å²) in [5.41, 5.74) is -0.608. The molecule has 94 valence electrons. The maximum Gasteiger partial charge on any atom is 0.344 e. The van der Waals surface area contributed by atoms with E-state index >= 15 is 0 Å². The van der Waals surface area contributed by atoms with Gasteiger partial charge in [-0.2, -0.15) is 0 Å². The molecule has 0 bridgehead atoms. The molecule has 17 heavy (non-hydrogen) atoms. The van der Waals surface area contributed by atoms with Gasteiger partial charge in [0.15, 0.2) is 0 Å². The lowest BCUT2D eigenvalue weighted by atomic mass is 10.2. The van der Waals surface area contributed by atoms with Gasteiger partial charge in [-0.05, 0) is 18.6 Å². The molecule has 0 saturated heterocycles. The van der Waals surface area contributed by atoms with Crippen LogP contribution in [0.15, 0.2) is 18.2 Å². The summed E-state index contributed by atoms with van der Waals surface area (Å²) in [6, 6.07) is 3.29. The molecular weight excluding hydrogens is 226 g/mol. The fraction of sp³-hybridized carbons (Fsp3) is 0.462. The highest BCUT2D eigenvalue weighted by Crippen LogP contribution is 2.13. The van der Waals surface area contributed by atoms with Crippen molar-refractivity contribution < 1.29 is 18.3 Å². The SMILES string of the molecule is CCCCCCOC(=O)c1c(F)cccc1F. The van der Waals surface area contributed by atoms with Crippen LogP contribution in [0.1, 0.15) is 43.0 Å². The van der Waals surface area contributed by atoms with E-state index in [0.717, 1.165) is 37.8 Å². The number of halogens is 2. The van der Waals surface area contributed by atoms with Crippen molar-refractivity contribution in [3.63, 3.8) is 0 Å². The zero-order valence-electron chi connectivity index (χ0n) is 9.84. The summed E-state index contributed by atoms with van der Waals surface area (Å²) in [6.45, 7) is 2.27. The van der Waals surface area contributed by atoms with Gasteiger partial charge in [0.1, 0.15) is 17.2 Å². The normalized spacial score (nSPS) is 10.3. The molecule has 4 heteroatoms. The van der Waals surface area contributed by atoms with Gasteiger partial charge in [0.25, 0.3) is 0 Å². The molecule has 0 aromatic heterocycles. The molecule has 0 aliphatic heterocycles. The third-order valence-corrected chi connectivity index (χ3v) is 2.40. The van der Waals surface area contributed by atoms with Crippen LogP contribution in [0, 0.1) is 11.6 Å². The monoisotopic (exact) mass is 242 g/mol. The zero-order chi connectivity index (χ0) is 12.7. The maximum atomic E-state index is 13.2.